The van der Waals surface area contributed by atoms with Crippen molar-refractivity contribution in [3.05, 3.63) is 34.3 Å². The van der Waals surface area contributed by atoms with Gasteiger partial charge in [0.05, 0.1) is 6.54 Å². The summed E-state index contributed by atoms with van der Waals surface area (Å²) >= 11 is 3.33. The first-order valence-electron chi connectivity index (χ1n) is 6.31. The maximum Gasteiger partial charge on any atom is 0.221 e. The molecule has 0 aromatic heterocycles. The molecule has 1 aromatic rings. The maximum atomic E-state index is 11.6. The fraction of sp³-hybridized carbons (Fsp3) is 0.429. The van der Waals surface area contributed by atoms with Crippen LogP contribution in [0.2, 0.25) is 0 Å². The van der Waals surface area contributed by atoms with Gasteiger partial charge in [-0.2, -0.15) is 0 Å². The fourth-order valence-electron chi connectivity index (χ4n) is 1.62. The average Bonchev–Trinajstić information content (AvgIpc) is 2.36. The van der Waals surface area contributed by atoms with Gasteiger partial charge in [-0.25, -0.2) is 0 Å². The minimum Gasteiger partial charge on any atom is -0.384 e. The Bertz CT molecular complexity index is 472. The summed E-state index contributed by atoms with van der Waals surface area (Å²) < 4.78 is 0.927. The van der Waals surface area contributed by atoms with Crippen LogP contribution in [0.25, 0.3) is 0 Å². The summed E-state index contributed by atoms with van der Waals surface area (Å²) in [5.41, 5.74) is -0.410. The summed E-state index contributed by atoms with van der Waals surface area (Å²) in [7, 11) is 0. The highest BCUT2D eigenvalue weighted by atomic mass is 79.9. The van der Waals surface area contributed by atoms with Crippen molar-refractivity contribution in [1.29, 1.82) is 0 Å². The van der Waals surface area contributed by atoms with Crippen molar-refractivity contribution >= 4 is 27.7 Å². The number of hydrogen-bond acceptors (Lipinski definition) is 3. The topological polar surface area (TPSA) is 78.4 Å². The molecule has 1 unspecified atom stereocenters. The number of carbonyl (C=O) groups is 2. The lowest BCUT2D eigenvalue weighted by molar-refractivity contribution is -0.122. The standard InChI is InChI=1S/C14H19BrN2O3/c1-10(18)16-8-7-13(19)17-9-14(2,20)11-3-5-12(15)6-4-11/h3-6,20H,7-9H2,1-2H3,(H,16,18)(H,17,19). The zero-order valence-corrected chi connectivity index (χ0v) is 13.2. The Kier molecular flexibility index (Phi) is 6.16. The second-order valence-corrected chi connectivity index (χ2v) is 5.71. The number of aliphatic hydroxyl groups is 1. The molecule has 0 spiro atoms. The summed E-state index contributed by atoms with van der Waals surface area (Å²) in [5.74, 6) is -0.379. The van der Waals surface area contributed by atoms with Gasteiger partial charge in [0.1, 0.15) is 5.60 Å². The Morgan fingerprint density at radius 2 is 1.85 bits per heavy atom. The van der Waals surface area contributed by atoms with E-state index in [0.717, 1.165) is 10.0 Å². The van der Waals surface area contributed by atoms with Crippen LogP contribution in [0.1, 0.15) is 25.8 Å². The molecule has 1 rings (SSSR count). The molecule has 1 atom stereocenters. The predicted octanol–water partition coefficient (Wildman–Crippen LogP) is 1.30. The number of amides is 2. The first-order chi connectivity index (χ1) is 9.31. The highest BCUT2D eigenvalue weighted by Crippen LogP contribution is 2.21. The molecule has 0 fully saturated rings. The predicted molar refractivity (Wildman–Crippen MR) is 80.0 cm³/mol. The van der Waals surface area contributed by atoms with E-state index < -0.39 is 5.60 Å². The van der Waals surface area contributed by atoms with E-state index in [9.17, 15) is 14.7 Å². The van der Waals surface area contributed by atoms with Crippen LogP contribution in [-0.2, 0) is 15.2 Å². The number of carbonyl (C=O) groups excluding carboxylic acids is 2. The van der Waals surface area contributed by atoms with E-state index in [-0.39, 0.29) is 24.8 Å². The van der Waals surface area contributed by atoms with Gasteiger partial charge in [0.2, 0.25) is 11.8 Å². The van der Waals surface area contributed by atoms with E-state index in [2.05, 4.69) is 26.6 Å². The normalized spacial score (nSPS) is 13.4. The molecule has 3 N–H and O–H groups in total. The molecule has 0 saturated heterocycles. The number of nitrogens with one attached hydrogen (secondary N) is 2. The van der Waals surface area contributed by atoms with Crippen molar-refractivity contribution in [3.63, 3.8) is 0 Å². The molecule has 6 heteroatoms. The molecule has 0 radical (unpaired) electrons. The third-order valence-corrected chi connectivity index (χ3v) is 3.35. The highest BCUT2D eigenvalue weighted by molar-refractivity contribution is 9.10. The lowest BCUT2D eigenvalue weighted by atomic mass is 9.96. The van der Waals surface area contributed by atoms with Crippen molar-refractivity contribution in [2.45, 2.75) is 25.9 Å². The number of rotatable bonds is 6. The van der Waals surface area contributed by atoms with Gasteiger partial charge in [0.15, 0.2) is 0 Å². The minimum absolute atomic E-state index is 0.119. The third kappa shape index (κ3) is 5.71. The molecule has 5 nitrogen and oxygen atoms in total. The number of hydrogen-bond donors (Lipinski definition) is 3. The van der Waals surface area contributed by atoms with Crippen molar-refractivity contribution in [2.75, 3.05) is 13.1 Å². The van der Waals surface area contributed by atoms with Crippen molar-refractivity contribution < 1.29 is 14.7 Å². The summed E-state index contributed by atoms with van der Waals surface area (Å²) in [6, 6.07) is 7.27. The van der Waals surface area contributed by atoms with E-state index in [1.165, 1.54) is 6.92 Å². The Morgan fingerprint density at radius 3 is 2.40 bits per heavy atom. The molecule has 0 aliphatic rings. The first-order valence-corrected chi connectivity index (χ1v) is 7.10. The van der Waals surface area contributed by atoms with E-state index in [4.69, 9.17) is 0 Å². The van der Waals surface area contributed by atoms with Gasteiger partial charge in [-0.05, 0) is 24.6 Å². The largest absolute Gasteiger partial charge is 0.384 e. The highest BCUT2D eigenvalue weighted by Gasteiger charge is 2.23. The second kappa shape index (κ2) is 7.40. The molecule has 0 aliphatic carbocycles. The fourth-order valence-corrected chi connectivity index (χ4v) is 1.89. The summed E-state index contributed by atoms with van der Waals surface area (Å²) in [6.07, 6.45) is 0.190. The Labute approximate surface area is 126 Å². The minimum atomic E-state index is -1.13. The van der Waals surface area contributed by atoms with Crippen LogP contribution < -0.4 is 10.6 Å². The van der Waals surface area contributed by atoms with Gasteiger partial charge in [0.25, 0.3) is 0 Å². The van der Waals surface area contributed by atoms with E-state index in [1.54, 1.807) is 19.1 Å². The van der Waals surface area contributed by atoms with E-state index in [1.807, 2.05) is 12.1 Å². The summed E-state index contributed by atoms with van der Waals surface area (Å²) in [4.78, 5) is 22.2. The third-order valence-electron chi connectivity index (χ3n) is 2.82. The molecule has 0 heterocycles. The molecule has 20 heavy (non-hydrogen) atoms. The number of halogens is 1. The molecule has 1 aromatic carbocycles. The van der Waals surface area contributed by atoms with Gasteiger partial charge < -0.3 is 15.7 Å². The van der Waals surface area contributed by atoms with Gasteiger partial charge in [-0.3, -0.25) is 9.59 Å². The van der Waals surface area contributed by atoms with Crippen LogP contribution in [0.15, 0.2) is 28.7 Å². The summed E-state index contributed by atoms with van der Waals surface area (Å²) in [5, 5.41) is 15.5. The molecule has 0 bridgehead atoms. The van der Waals surface area contributed by atoms with Crippen molar-refractivity contribution in [2.24, 2.45) is 0 Å². The molecule has 110 valence electrons. The summed E-state index contributed by atoms with van der Waals surface area (Å²) in [6.45, 7) is 3.45. The molecule has 2 amide bonds. The lowest BCUT2D eigenvalue weighted by Crippen LogP contribution is -2.39. The molecular weight excluding hydrogens is 324 g/mol. The second-order valence-electron chi connectivity index (χ2n) is 4.79. The van der Waals surface area contributed by atoms with Crippen LogP contribution in [0.5, 0.6) is 0 Å². The number of benzene rings is 1. The monoisotopic (exact) mass is 342 g/mol. The van der Waals surface area contributed by atoms with Gasteiger partial charge in [0, 0.05) is 24.4 Å². The molecule has 0 saturated carbocycles. The Balaban J connectivity index is 2.44. The molecular formula is C14H19BrN2O3. The Morgan fingerprint density at radius 1 is 1.25 bits per heavy atom. The van der Waals surface area contributed by atoms with E-state index in [0.29, 0.717) is 6.54 Å². The van der Waals surface area contributed by atoms with Crippen LogP contribution in [0.4, 0.5) is 0 Å². The van der Waals surface area contributed by atoms with E-state index >= 15 is 0 Å². The van der Waals surface area contributed by atoms with Crippen LogP contribution in [0, 0.1) is 0 Å². The van der Waals surface area contributed by atoms with Crippen LogP contribution in [-0.4, -0.2) is 30.0 Å². The Hall–Kier alpha value is -1.40. The van der Waals surface area contributed by atoms with Crippen LogP contribution in [0.3, 0.4) is 0 Å². The molecule has 0 aliphatic heterocycles. The maximum absolute atomic E-state index is 11.6. The van der Waals surface area contributed by atoms with Gasteiger partial charge >= 0.3 is 0 Å². The first kappa shape index (κ1) is 16.7. The van der Waals surface area contributed by atoms with Crippen molar-refractivity contribution in [3.8, 4) is 0 Å². The van der Waals surface area contributed by atoms with Crippen LogP contribution >= 0.6 is 15.9 Å². The quantitative estimate of drug-likeness (QED) is 0.729. The van der Waals surface area contributed by atoms with Gasteiger partial charge in [-0.15, -0.1) is 0 Å². The zero-order valence-electron chi connectivity index (χ0n) is 11.6. The zero-order chi connectivity index (χ0) is 15.2. The van der Waals surface area contributed by atoms with Gasteiger partial charge in [-0.1, -0.05) is 28.1 Å². The van der Waals surface area contributed by atoms with Crippen molar-refractivity contribution in [1.82, 2.24) is 10.6 Å². The lowest BCUT2D eigenvalue weighted by Gasteiger charge is -2.24. The smallest absolute Gasteiger partial charge is 0.221 e. The average molecular weight is 343 g/mol. The SMILES string of the molecule is CC(=O)NCCC(=O)NCC(C)(O)c1ccc(Br)cc1.